The molecule has 2 aromatic carbocycles. The average Bonchev–Trinajstić information content (AvgIpc) is 2.91. The van der Waals surface area contributed by atoms with Crippen molar-refractivity contribution in [3.05, 3.63) is 59.7 Å². The minimum absolute atomic E-state index is 0.170. The van der Waals surface area contributed by atoms with E-state index in [9.17, 15) is 0 Å². The van der Waals surface area contributed by atoms with E-state index in [4.69, 9.17) is 11.5 Å². The van der Waals surface area contributed by atoms with Crippen molar-refractivity contribution in [3.63, 3.8) is 0 Å². The van der Waals surface area contributed by atoms with Crippen LogP contribution in [0.4, 0.5) is 11.4 Å². The van der Waals surface area contributed by atoms with Crippen molar-refractivity contribution in [1.82, 2.24) is 4.72 Å². The molecule has 0 spiro atoms. The van der Waals surface area contributed by atoms with Crippen molar-refractivity contribution in [2.75, 3.05) is 17.2 Å². The second-order valence-corrected chi connectivity index (χ2v) is 6.70. The molecular formula is C14H15N3S2. The summed E-state index contributed by atoms with van der Waals surface area (Å²) >= 11 is 0. The van der Waals surface area contributed by atoms with E-state index in [-0.39, 0.29) is 5.54 Å². The highest BCUT2D eigenvalue weighted by molar-refractivity contribution is 8.76. The minimum atomic E-state index is -0.170. The lowest BCUT2D eigenvalue weighted by molar-refractivity contribution is 0.577. The maximum Gasteiger partial charge on any atom is 0.0890 e. The van der Waals surface area contributed by atoms with E-state index >= 15 is 0 Å². The maximum atomic E-state index is 5.78. The molecule has 0 amide bonds. The molecule has 3 rings (SSSR count). The van der Waals surface area contributed by atoms with Crippen LogP contribution in [0.5, 0.6) is 0 Å². The largest absolute Gasteiger partial charge is 0.399 e. The molecule has 0 radical (unpaired) electrons. The van der Waals surface area contributed by atoms with Crippen LogP contribution in [0.1, 0.15) is 11.1 Å². The summed E-state index contributed by atoms with van der Waals surface area (Å²) in [5.74, 6) is 0.978. The molecule has 1 fully saturated rings. The summed E-state index contributed by atoms with van der Waals surface area (Å²) in [7, 11) is 3.51. The third-order valence-electron chi connectivity index (χ3n) is 3.36. The summed E-state index contributed by atoms with van der Waals surface area (Å²) in [5, 5.41) is 0. The Bertz CT molecular complexity index is 513. The highest BCUT2D eigenvalue weighted by atomic mass is 33.1. The topological polar surface area (TPSA) is 64.1 Å². The van der Waals surface area contributed by atoms with Crippen LogP contribution in [0.3, 0.4) is 0 Å². The normalized spacial score (nSPS) is 17.5. The third kappa shape index (κ3) is 2.29. The van der Waals surface area contributed by atoms with Gasteiger partial charge in [0, 0.05) is 17.1 Å². The molecule has 1 saturated heterocycles. The molecule has 2 aromatic rings. The Labute approximate surface area is 120 Å². The van der Waals surface area contributed by atoms with Gasteiger partial charge >= 0.3 is 0 Å². The molecule has 19 heavy (non-hydrogen) atoms. The summed E-state index contributed by atoms with van der Waals surface area (Å²) in [5.41, 5.74) is 15.4. The number of nitrogen functional groups attached to an aromatic ring is 2. The van der Waals surface area contributed by atoms with Gasteiger partial charge in [0.25, 0.3) is 0 Å². The van der Waals surface area contributed by atoms with Crippen LogP contribution in [0.25, 0.3) is 0 Å². The van der Waals surface area contributed by atoms with Crippen molar-refractivity contribution < 1.29 is 0 Å². The number of nitrogens with two attached hydrogens (primary N) is 2. The molecule has 1 heterocycles. The van der Waals surface area contributed by atoms with E-state index in [1.54, 1.807) is 11.0 Å². The van der Waals surface area contributed by atoms with E-state index < -0.39 is 0 Å². The predicted molar refractivity (Wildman–Crippen MR) is 85.7 cm³/mol. The third-order valence-corrected chi connectivity index (χ3v) is 5.41. The van der Waals surface area contributed by atoms with E-state index in [1.807, 2.05) is 35.1 Å². The first-order valence-electron chi connectivity index (χ1n) is 5.98. The molecule has 0 atom stereocenters. The molecule has 0 aliphatic carbocycles. The summed E-state index contributed by atoms with van der Waals surface area (Å²) in [6, 6.07) is 16.1. The Hall–Kier alpha value is -1.30. The number of nitrogens with one attached hydrogen (secondary N) is 1. The summed E-state index contributed by atoms with van der Waals surface area (Å²) in [4.78, 5) is 0. The maximum absolute atomic E-state index is 5.78. The van der Waals surface area contributed by atoms with Gasteiger partial charge in [-0.15, -0.1) is 0 Å². The quantitative estimate of drug-likeness (QED) is 0.450. The van der Waals surface area contributed by atoms with Crippen molar-refractivity contribution >= 4 is 33.1 Å². The molecule has 1 aliphatic rings. The van der Waals surface area contributed by atoms with Crippen LogP contribution in [-0.4, -0.2) is 5.75 Å². The van der Waals surface area contributed by atoms with Gasteiger partial charge in [-0.2, -0.15) is 0 Å². The molecule has 98 valence electrons. The lowest BCUT2D eigenvalue weighted by Crippen LogP contribution is -2.38. The molecular weight excluding hydrogens is 274 g/mol. The standard InChI is InChI=1S/C14H15N3S2/c15-12-5-1-10(2-6-12)14(9-18-19-17-14)11-3-7-13(16)8-4-11/h1-8,17H,9,15-16H2. The van der Waals surface area contributed by atoms with Crippen LogP contribution in [0.15, 0.2) is 48.5 Å². The molecule has 5 N–H and O–H groups in total. The van der Waals surface area contributed by atoms with Gasteiger partial charge in [-0.3, -0.25) is 0 Å². The molecule has 5 heteroatoms. The number of anilines is 2. The zero-order valence-electron chi connectivity index (χ0n) is 10.3. The van der Waals surface area contributed by atoms with Gasteiger partial charge in [-0.25, -0.2) is 4.72 Å². The Kier molecular flexibility index (Phi) is 3.35. The lowest BCUT2D eigenvalue weighted by Gasteiger charge is -2.29. The van der Waals surface area contributed by atoms with Crippen LogP contribution in [0.2, 0.25) is 0 Å². The van der Waals surface area contributed by atoms with Crippen molar-refractivity contribution in [2.24, 2.45) is 0 Å². The highest BCUT2D eigenvalue weighted by Gasteiger charge is 2.38. The van der Waals surface area contributed by atoms with Gasteiger partial charge in [0.15, 0.2) is 0 Å². The monoisotopic (exact) mass is 289 g/mol. The fourth-order valence-electron chi connectivity index (χ4n) is 2.23. The second-order valence-electron chi connectivity index (χ2n) is 4.60. The fraction of sp³-hybridized carbons (Fsp3) is 0.143. The first-order valence-corrected chi connectivity index (χ1v) is 8.30. The Morgan fingerprint density at radius 2 is 1.32 bits per heavy atom. The summed E-state index contributed by atoms with van der Waals surface area (Å²) < 4.78 is 3.54. The van der Waals surface area contributed by atoms with Gasteiger partial charge in [0.2, 0.25) is 0 Å². The number of benzene rings is 2. The van der Waals surface area contributed by atoms with E-state index in [0.29, 0.717) is 0 Å². The van der Waals surface area contributed by atoms with Crippen molar-refractivity contribution in [2.45, 2.75) is 5.54 Å². The number of hydrogen-bond acceptors (Lipinski definition) is 5. The lowest BCUT2D eigenvalue weighted by atomic mass is 9.85. The summed E-state index contributed by atoms with van der Waals surface area (Å²) in [6.07, 6.45) is 0. The van der Waals surface area contributed by atoms with Crippen LogP contribution in [0, 0.1) is 0 Å². The van der Waals surface area contributed by atoms with Crippen LogP contribution < -0.4 is 16.2 Å². The molecule has 0 unspecified atom stereocenters. The molecule has 3 nitrogen and oxygen atoms in total. The fourth-order valence-corrected chi connectivity index (χ4v) is 4.79. The average molecular weight is 289 g/mol. The molecule has 1 aliphatic heterocycles. The minimum Gasteiger partial charge on any atom is -0.399 e. The second kappa shape index (κ2) is 5.00. The van der Waals surface area contributed by atoms with Crippen molar-refractivity contribution in [1.29, 1.82) is 0 Å². The highest BCUT2D eigenvalue weighted by Crippen LogP contribution is 2.44. The Morgan fingerprint density at radius 1 is 0.842 bits per heavy atom. The number of rotatable bonds is 2. The van der Waals surface area contributed by atoms with E-state index in [0.717, 1.165) is 17.1 Å². The van der Waals surface area contributed by atoms with Gasteiger partial charge in [0.05, 0.1) is 5.54 Å². The van der Waals surface area contributed by atoms with Crippen LogP contribution >= 0.6 is 21.8 Å². The zero-order valence-corrected chi connectivity index (χ0v) is 11.9. The van der Waals surface area contributed by atoms with Crippen LogP contribution in [-0.2, 0) is 5.54 Å². The molecule has 0 saturated carbocycles. The zero-order chi connectivity index (χ0) is 13.3. The molecule has 0 aromatic heterocycles. The Morgan fingerprint density at radius 3 is 1.68 bits per heavy atom. The Balaban J connectivity index is 2.08. The van der Waals surface area contributed by atoms with E-state index in [1.165, 1.54) is 11.1 Å². The predicted octanol–water partition coefficient (Wildman–Crippen LogP) is 2.99. The van der Waals surface area contributed by atoms with Gasteiger partial charge in [-0.1, -0.05) is 35.1 Å². The molecule has 0 bridgehead atoms. The van der Waals surface area contributed by atoms with Crippen molar-refractivity contribution in [3.8, 4) is 0 Å². The first-order chi connectivity index (χ1) is 9.21. The van der Waals surface area contributed by atoms with Gasteiger partial charge in [-0.05, 0) is 46.4 Å². The SMILES string of the molecule is Nc1ccc(C2(c3ccc(N)cc3)CSSN2)cc1. The first kappa shape index (κ1) is 12.7. The van der Waals surface area contributed by atoms with Gasteiger partial charge in [0.1, 0.15) is 0 Å². The smallest absolute Gasteiger partial charge is 0.0890 e. The summed E-state index contributed by atoms with van der Waals surface area (Å²) in [6.45, 7) is 0. The number of hydrogen-bond donors (Lipinski definition) is 3. The van der Waals surface area contributed by atoms with Gasteiger partial charge < -0.3 is 11.5 Å². The van der Waals surface area contributed by atoms with E-state index in [2.05, 4.69) is 29.0 Å².